The third kappa shape index (κ3) is 3.44. The molecule has 0 radical (unpaired) electrons. The van der Waals surface area contributed by atoms with Crippen molar-refractivity contribution in [2.45, 2.75) is 26.8 Å². The van der Waals surface area contributed by atoms with Gasteiger partial charge < -0.3 is 15.2 Å². The minimum Gasteiger partial charge on any atom is -0.358 e. The predicted octanol–water partition coefficient (Wildman–Crippen LogP) is 1.04. The molecule has 1 heterocycles. The number of amides is 1. The first-order valence-electron chi connectivity index (χ1n) is 5.79. The van der Waals surface area contributed by atoms with E-state index in [1.54, 1.807) is 11.8 Å². The van der Waals surface area contributed by atoms with Crippen LogP contribution in [0.15, 0.2) is 11.1 Å². The lowest BCUT2D eigenvalue weighted by Crippen LogP contribution is -2.41. The Balaban J connectivity index is 2.81. The van der Waals surface area contributed by atoms with Crippen LogP contribution in [0.25, 0.3) is 0 Å². The van der Waals surface area contributed by atoms with E-state index in [1.165, 1.54) is 6.33 Å². The van der Waals surface area contributed by atoms with Crippen molar-refractivity contribution in [3.8, 4) is 0 Å². The standard InChI is InChI=1S/C11H17IN4O2/c1-4-16(5-2)11(18)7(3)15-9-8(12)10(17)14-6-13-9/h6-7H,4-5H2,1-3H3,(H2,13,14,15,17). The van der Waals surface area contributed by atoms with Crippen molar-refractivity contribution >= 4 is 34.3 Å². The largest absolute Gasteiger partial charge is 0.358 e. The molecule has 0 bridgehead atoms. The zero-order valence-corrected chi connectivity index (χ0v) is 12.8. The summed E-state index contributed by atoms with van der Waals surface area (Å²) in [6, 6.07) is -0.410. The number of nitrogens with one attached hydrogen (secondary N) is 2. The first-order valence-corrected chi connectivity index (χ1v) is 6.87. The van der Waals surface area contributed by atoms with Crippen LogP contribution in [0.5, 0.6) is 0 Å². The van der Waals surface area contributed by atoms with Crippen LogP contribution in [0.4, 0.5) is 5.82 Å². The van der Waals surface area contributed by atoms with Crippen LogP contribution in [0.1, 0.15) is 20.8 Å². The van der Waals surface area contributed by atoms with Gasteiger partial charge in [-0.1, -0.05) is 0 Å². The van der Waals surface area contributed by atoms with Crippen molar-refractivity contribution in [1.29, 1.82) is 0 Å². The van der Waals surface area contributed by atoms with Gasteiger partial charge in [-0.15, -0.1) is 0 Å². The molecule has 0 spiro atoms. The molecule has 1 unspecified atom stereocenters. The van der Waals surface area contributed by atoms with Gasteiger partial charge in [0.25, 0.3) is 5.56 Å². The highest BCUT2D eigenvalue weighted by atomic mass is 127. The maximum Gasteiger partial charge on any atom is 0.266 e. The molecule has 0 saturated heterocycles. The Labute approximate surface area is 119 Å². The number of halogens is 1. The molecule has 2 N–H and O–H groups in total. The summed E-state index contributed by atoms with van der Waals surface area (Å²) in [6.07, 6.45) is 1.32. The number of anilines is 1. The van der Waals surface area contributed by atoms with E-state index in [0.29, 0.717) is 22.5 Å². The van der Waals surface area contributed by atoms with Gasteiger partial charge in [-0.3, -0.25) is 9.59 Å². The number of nitrogens with zero attached hydrogens (tertiary/aromatic N) is 2. The second-order valence-electron chi connectivity index (χ2n) is 3.77. The number of hydrogen-bond acceptors (Lipinski definition) is 4. The van der Waals surface area contributed by atoms with Gasteiger partial charge in [0.2, 0.25) is 5.91 Å². The van der Waals surface area contributed by atoms with Gasteiger partial charge in [-0.2, -0.15) is 0 Å². The molecule has 1 rings (SSSR count). The first-order chi connectivity index (χ1) is 8.51. The summed E-state index contributed by atoms with van der Waals surface area (Å²) in [6.45, 7) is 6.97. The molecule has 7 heteroatoms. The fraction of sp³-hybridized carbons (Fsp3) is 0.545. The van der Waals surface area contributed by atoms with E-state index in [9.17, 15) is 9.59 Å². The molecule has 0 saturated carbocycles. The second-order valence-corrected chi connectivity index (χ2v) is 4.85. The summed E-state index contributed by atoms with van der Waals surface area (Å²) in [7, 11) is 0. The summed E-state index contributed by atoms with van der Waals surface area (Å²) < 4.78 is 0.453. The van der Waals surface area contributed by atoms with Gasteiger partial charge in [0.05, 0.1) is 6.33 Å². The van der Waals surface area contributed by atoms with Gasteiger partial charge in [0.15, 0.2) is 0 Å². The van der Waals surface area contributed by atoms with E-state index < -0.39 is 6.04 Å². The Morgan fingerprint density at radius 2 is 2.17 bits per heavy atom. The quantitative estimate of drug-likeness (QED) is 0.766. The molecule has 1 aromatic heterocycles. The van der Waals surface area contributed by atoms with Crippen LogP contribution in [-0.4, -0.2) is 39.9 Å². The number of H-pyrrole nitrogens is 1. The minimum atomic E-state index is -0.410. The van der Waals surface area contributed by atoms with Crippen molar-refractivity contribution < 1.29 is 4.79 Å². The SMILES string of the molecule is CCN(CC)C(=O)C(C)Nc1nc[nH]c(=O)c1I. The summed E-state index contributed by atoms with van der Waals surface area (Å²) >= 11 is 1.90. The first kappa shape index (κ1) is 14.9. The van der Waals surface area contributed by atoms with E-state index in [4.69, 9.17) is 0 Å². The molecule has 0 fully saturated rings. The van der Waals surface area contributed by atoms with Crippen molar-refractivity contribution in [3.05, 3.63) is 20.3 Å². The highest BCUT2D eigenvalue weighted by Crippen LogP contribution is 2.11. The van der Waals surface area contributed by atoms with Crippen LogP contribution in [0, 0.1) is 3.57 Å². The van der Waals surface area contributed by atoms with Crippen LogP contribution in [0.2, 0.25) is 0 Å². The predicted molar refractivity (Wildman–Crippen MR) is 78.6 cm³/mol. The summed E-state index contributed by atoms with van der Waals surface area (Å²) in [5.74, 6) is 0.435. The normalized spacial score (nSPS) is 12.0. The topological polar surface area (TPSA) is 78.1 Å². The third-order valence-corrected chi connectivity index (χ3v) is 3.60. The summed E-state index contributed by atoms with van der Waals surface area (Å²) in [5.41, 5.74) is -0.212. The summed E-state index contributed by atoms with van der Waals surface area (Å²) in [4.78, 5) is 31.7. The molecular weight excluding hydrogens is 347 g/mol. The van der Waals surface area contributed by atoms with Crippen LogP contribution in [-0.2, 0) is 4.79 Å². The number of carbonyl (C=O) groups is 1. The Kier molecular flexibility index (Phi) is 5.57. The molecule has 0 aliphatic carbocycles. The molecule has 6 nitrogen and oxygen atoms in total. The van der Waals surface area contributed by atoms with E-state index in [2.05, 4.69) is 15.3 Å². The Hall–Kier alpha value is -1.12. The lowest BCUT2D eigenvalue weighted by Gasteiger charge is -2.23. The zero-order chi connectivity index (χ0) is 13.7. The monoisotopic (exact) mass is 364 g/mol. The molecule has 0 aliphatic rings. The fourth-order valence-electron chi connectivity index (χ4n) is 1.56. The number of carbonyl (C=O) groups excluding carboxylic acids is 1. The van der Waals surface area contributed by atoms with Crippen LogP contribution >= 0.6 is 22.6 Å². The molecule has 18 heavy (non-hydrogen) atoms. The second kappa shape index (κ2) is 6.72. The average Bonchev–Trinajstić information content (AvgIpc) is 2.36. The molecule has 0 aliphatic heterocycles. The Morgan fingerprint density at radius 1 is 1.56 bits per heavy atom. The van der Waals surface area contributed by atoms with Gasteiger partial charge in [-0.25, -0.2) is 4.98 Å². The average molecular weight is 364 g/mol. The van der Waals surface area contributed by atoms with E-state index >= 15 is 0 Å². The smallest absolute Gasteiger partial charge is 0.266 e. The lowest BCUT2D eigenvalue weighted by atomic mass is 10.2. The summed E-state index contributed by atoms with van der Waals surface area (Å²) in [5, 5.41) is 2.97. The number of likely N-dealkylation sites (N-methyl/N-ethyl adjacent to an activating group) is 1. The fourth-order valence-corrected chi connectivity index (χ4v) is 2.01. The van der Waals surface area contributed by atoms with Crippen molar-refractivity contribution in [3.63, 3.8) is 0 Å². The highest BCUT2D eigenvalue weighted by molar-refractivity contribution is 14.1. The number of aromatic nitrogens is 2. The molecule has 1 aromatic rings. The molecule has 1 amide bonds. The Bertz CT molecular complexity index is 470. The van der Waals surface area contributed by atoms with Gasteiger partial charge >= 0.3 is 0 Å². The van der Waals surface area contributed by atoms with Crippen molar-refractivity contribution in [2.75, 3.05) is 18.4 Å². The molecule has 1 atom stereocenters. The zero-order valence-electron chi connectivity index (χ0n) is 10.7. The number of hydrogen-bond donors (Lipinski definition) is 2. The Morgan fingerprint density at radius 3 is 2.72 bits per heavy atom. The highest BCUT2D eigenvalue weighted by Gasteiger charge is 2.19. The number of aromatic amines is 1. The van der Waals surface area contributed by atoms with Crippen molar-refractivity contribution in [1.82, 2.24) is 14.9 Å². The van der Waals surface area contributed by atoms with E-state index in [1.807, 2.05) is 36.4 Å². The van der Waals surface area contributed by atoms with Gasteiger partial charge in [0.1, 0.15) is 15.4 Å². The molecular formula is C11H17IN4O2. The van der Waals surface area contributed by atoms with Gasteiger partial charge in [0, 0.05) is 13.1 Å². The maximum atomic E-state index is 12.1. The maximum absolute atomic E-state index is 12.1. The van der Waals surface area contributed by atoms with Crippen molar-refractivity contribution in [2.24, 2.45) is 0 Å². The van der Waals surface area contributed by atoms with E-state index in [0.717, 1.165) is 0 Å². The third-order valence-electron chi connectivity index (χ3n) is 2.60. The van der Waals surface area contributed by atoms with E-state index in [-0.39, 0.29) is 11.5 Å². The number of rotatable bonds is 5. The molecule has 100 valence electrons. The van der Waals surface area contributed by atoms with Gasteiger partial charge in [-0.05, 0) is 43.4 Å². The van der Waals surface area contributed by atoms with Crippen LogP contribution < -0.4 is 10.9 Å². The lowest BCUT2D eigenvalue weighted by molar-refractivity contribution is -0.131. The minimum absolute atomic E-state index is 0.00196. The molecule has 0 aromatic carbocycles. The van der Waals surface area contributed by atoms with Crippen LogP contribution in [0.3, 0.4) is 0 Å².